The van der Waals surface area contributed by atoms with Gasteiger partial charge in [0, 0.05) is 23.5 Å². The summed E-state index contributed by atoms with van der Waals surface area (Å²) in [6.07, 6.45) is 2.60. The quantitative estimate of drug-likeness (QED) is 0.734. The lowest BCUT2D eigenvalue weighted by atomic mass is 9.96. The molecule has 1 aromatic carbocycles. The number of rotatable bonds is 6. The summed E-state index contributed by atoms with van der Waals surface area (Å²) >= 11 is 6.07. The van der Waals surface area contributed by atoms with Crippen LogP contribution in [0.25, 0.3) is 0 Å². The Bertz CT molecular complexity index is 781. The van der Waals surface area contributed by atoms with Gasteiger partial charge in [0.2, 0.25) is 5.91 Å². The lowest BCUT2D eigenvalue weighted by molar-refractivity contribution is -0.127. The molecule has 1 aromatic rings. The highest BCUT2D eigenvalue weighted by molar-refractivity contribution is 6.31. The lowest BCUT2D eigenvalue weighted by Crippen LogP contribution is -2.50. The molecule has 2 unspecified atom stereocenters. The van der Waals surface area contributed by atoms with Crippen LogP contribution in [0.15, 0.2) is 18.2 Å². The molecule has 2 aliphatic heterocycles. The van der Waals surface area contributed by atoms with Gasteiger partial charge in [-0.1, -0.05) is 25.4 Å². The van der Waals surface area contributed by atoms with E-state index in [4.69, 9.17) is 16.3 Å². The van der Waals surface area contributed by atoms with Crippen LogP contribution in [0.3, 0.4) is 0 Å². The van der Waals surface area contributed by atoms with E-state index in [0.29, 0.717) is 35.8 Å². The van der Waals surface area contributed by atoms with Crippen LogP contribution in [-0.4, -0.2) is 48.5 Å². The van der Waals surface area contributed by atoms with E-state index in [1.807, 2.05) is 13.8 Å². The molecule has 3 rings (SSSR count). The number of amides is 4. The minimum atomic E-state index is -0.586. The molecular formula is C20H26ClN3O4. The maximum absolute atomic E-state index is 13.1. The summed E-state index contributed by atoms with van der Waals surface area (Å²) in [6.45, 7) is 4.40. The number of ether oxygens (including phenoxy) is 1. The van der Waals surface area contributed by atoms with Crippen LogP contribution in [0.4, 0.5) is 10.5 Å². The van der Waals surface area contributed by atoms with Crippen molar-refractivity contribution in [3.8, 4) is 5.75 Å². The fraction of sp³-hybridized carbons (Fsp3) is 0.550. The number of carbonyl (C=O) groups excluding carboxylic acids is 3. The molecule has 7 nitrogen and oxygen atoms in total. The SMILES string of the molecule is CCC(CC)C(=O)NC1CCN2C(=O)N(c3cc(Cl)ccc3OC)C(=O)C2C1. The van der Waals surface area contributed by atoms with Gasteiger partial charge in [0.05, 0.1) is 12.8 Å². The maximum Gasteiger partial charge on any atom is 0.332 e. The first-order valence-electron chi connectivity index (χ1n) is 9.69. The molecule has 28 heavy (non-hydrogen) atoms. The highest BCUT2D eigenvalue weighted by atomic mass is 35.5. The molecule has 2 atom stereocenters. The molecule has 2 saturated heterocycles. The third kappa shape index (κ3) is 3.68. The summed E-state index contributed by atoms with van der Waals surface area (Å²) in [7, 11) is 1.48. The Morgan fingerprint density at radius 2 is 2.04 bits per heavy atom. The van der Waals surface area contributed by atoms with Gasteiger partial charge in [0.1, 0.15) is 11.8 Å². The van der Waals surface area contributed by atoms with Crippen LogP contribution in [-0.2, 0) is 9.59 Å². The van der Waals surface area contributed by atoms with Crippen molar-refractivity contribution >= 4 is 35.1 Å². The second kappa shape index (κ2) is 8.39. The van der Waals surface area contributed by atoms with Gasteiger partial charge in [-0.3, -0.25) is 9.59 Å². The van der Waals surface area contributed by atoms with Crippen LogP contribution in [0, 0.1) is 5.92 Å². The monoisotopic (exact) mass is 407 g/mol. The van der Waals surface area contributed by atoms with Crippen LogP contribution in [0.1, 0.15) is 39.5 Å². The normalized spacial score (nSPS) is 21.9. The Morgan fingerprint density at radius 3 is 2.68 bits per heavy atom. The summed E-state index contributed by atoms with van der Waals surface area (Å²) in [5.74, 6) is 0.0938. The number of anilines is 1. The van der Waals surface area contributed by atoms with E-state index in [2.05, 4.69) is 5.32 Å². The summed E-state index contributed by atoms with van der Waals surface area (Å²) in [5, 5.41) is 3.48. The van der Waals surface area contributed by atoms with E-state index in [1.54, 1.807) is 23.1 Å². The smallest absolute Gasteiger partial charge is 0.332 e. The maximum atomic E-state index is 13.1. The third-order valence-electron chi connectivity index (χ3n) is 5.63. The zero-order chi connectivity index (χ0) is 20.4. The van der Waals surface area contributed by atoms with Crippen LogP contribution in [0.2, 0.25) is 5.02 Å². The number of nitrogens with zero attached hydrogens (tertiary/aromatic N) is 2. The molecule has 0 spiro atoms. The average molecular weight is 408 g/mol. The first-order valence-corrected chi connectivity index (χ1v) is 10.1. The highest BCUT2D eigenvalue weighted by Crippen LogP contribution is 2.37. The number of fused-ring (bicyclic) bond motifs is 1. The molecule has 2 fully saturated rings. The number of halogens is 1. The zero-order valence-electron chi connectivity index (χ0n) is 16.4. The van der Waals surface area contributed by atoms with Crippen molar-refractivity contribution in [2.24, 2.45) is 5.92 Å². The highest BCUT2D eigenvalue weighted by Gasteiger charge is 2.49. The van der Waals surface area contributed by atoms with Crippen LogP contribution < -0.4 is 15.0 Å². The number of hydrogen-bond acceptors (Lipinski definition) is 4. The number of nitrogens with one attached hydrogen (secondary N) is 1. The number of piperidine rings is 1. The van der Waals surface area contributed by atoms with Gasteiger partial charge in [-0.25, -0.2) is 9.69 Å². The molecule has 4 amide bonds. The first kappa shape index (κ1) is 20.5. The van der Waals surface area contributed by atoms with Gasteiger partial charge in [0.15, 0.2) is 0 Å². The van der Waals surface area contributed by atoms with Crippen molar-refractivity contribution < 1.29 is 19.1 Å². The van der Waals surface area contributed by atoms with Gasteiger partial charge in [-0.05, 0) is 43.9 Å². The van der Waals surface area contributed by atoms with Crippen molar-refractivity contribution in [2.75, 3.05) is 18.6 Å². The second-order valence-corrected chi connectivity index (χ2v) is 7.66. The van der Waals surface area contributed by atoms with E-state index < -0.39 is 6.04 Å². The number of methoxy groups -OCH3 is 1. The minimum Gasteiger partial charge on any atom is -0.495 e. The van der Waals surface area contributed by atoms with E-state index in [1.165, 1.54) is 7.11 Å². The van der Waals surface area contributed by atoms with Crippen molar-refractivity contribution in [1.82, 2.24) is 10.2 Å². The number of imide groups is 1. The molecule has 0 radical (unpaired) electrons. The minimum absolute atomic E-state index is 0.0218. The number of benzene rings is 1. The molecular weight excluding hydrogens is 382 g/mol. The second-order valence-electron chi connectivity index (χ2n) is 7.22. The summed E-state index contributed by atoms with van der Waals surface area (Å²) in [5.41, 5.74) is 0.344. The Balaban J connectivity index is 1.78. The Kier molecular flexibility index (Phi) is 6.13. The van der Waals surface area contributed by atoms with Crippen LogP contribution in [0.5, 0.6) is 5.75 Å². The molecule has 152 valence electrons. The topological polar surface area (TPSA) is 79.0 Å². The van der Waals surface area contributed by atoms with Gasteiger partial charge >= 0.3 is 6.03 Å². The Labute approximate surface area is 169 Å². The largest absolute Gasteiger partial charge is 0.495 e. The molecule has 0 aliphatic carbocycles. The number of hydrogen-bond donors (Lipinski definition) is 1. The predicted molar refractivity (Wildman–Crippen MR) is 107 cm³/mol. The van der Waals surface area contributed by atoms with Gasteiger partial charge in [0.25, 0.3) is 5.91 Å². The molecule has 8 heteroatoms. The zero-order valence-corrected chi connectivity index (χ0v) is 17.2. The molecule has 0 saturated carbocycles. The fourth-order valence-electron chi connectivity index (χ4n) is 3.97. The molecule has 0 bridgehead atoms. The average Bonchev–Trinajstić information content (AvgIpc) is 2.92. The summed E-state index contributed by atoms with van der Waals surface area (Å²) in [4.78, 5) is 41.1. The summed E-state index contributed by atoms with van der Waals surface area (Å²) < 4.78 is 5.31. The van der Waals surface area contributed by atoms with E-state index >= 15 is 0 Å². The molecule has 1 N–H and O–H groups in total. The first-order chi connectivity index (χ1) is 13.4. The van der Waals surface area contributed by atoms with Crippen LogP contribution >= 0.6 is 11.6 Å². The van der Waals surface area contributed by atoms with Gasteiger partial charge in [-0.15, -0.1) is 0 Å². The van der Waals surface area contributed by atoms with Gasteiger partial charge in [-0.2, -0.15) is 0 Å². The molecule has 0 aromatic heterocycles. The predicted octanol–water partition coefficient (Wildman–Crippen LogP) is 3.20. The lowest BCUT2D eigenvalue weighted by Gasteiger charge is -2.33. The molecule has 2 aliphatic rings. The number of carbonyl (C=O) groups is 3. The van der Waals surface area contributed by atoms with E-state index in [0.717, 1.165) is 17.7 Å². The van der Waals surface area contributed by atoms with Crippen molar-refractivity contribution in [3.63, 3.8) is 0 Å². The van der Waals surface area contributed by atoms with Crippen molar-refractivity contribution in [2.45, 2.75) is 51.6 Å². The van der Waals surface area contributed by atoms with Crippen molar-refractivity contribution in [1.29, 1.82) is 0 Å². The Morgan fingerprint density at radius 1 is 1.32 bits per heavy atom. The fourth-order valence-corrected chi connectivity index (χ4v) is 4.14. The van der Waals surface area contributed by atoms with Gasteiger partial charge < -0.3 is 15.0 Å². The standard InChI is InChI=1S/C20H26ClN3O4/c1-4-12(5-2)18(25)22-14-8-9-23-16(11-14)19(26)24(20(23)27)15-10-13(21)6-7-17(15)28-3/h6-7,10,12,14,16H,4-5,8-9,11H2,1-3H3,(H,22,25). The number of urea groups is 1. The van der Waals surface area contributed by atoms with E-state index in [-0.39, 0.29) is 29.8 Å². The molecule has 2 heterocycles. The van der Waals surface area contributed by atoms with Crippen molar-refractivity contribution in [3.05, 3.63) is 23.2 Å². The Hall–Kier alpha value is -2.28. The third-order valence-corrected chi connectivity index (χ3v) is 5.86. The van der Waals surface area contributed by atoms with E-state index in [9.17, 15) is 14.4 Å². The summed E-state index contributed by atoms with van der Waals surface area (Å²) in [6, 6.07) is 3.76.